The molecule has 1 unspecified atom stereocenters. The molecule has 7 nitrogen and oxygen atoms in total. The van der Waals surface area contributed by atoms with Crippen LogP contribution in [0.3, 0.4) is 0 Å². The van der Waals surface area contributed by atoms with Gasteiger partial charge in [-0.05, 0) is 57.0 Å². The normalized spacial score (nSPS) is 17.7. The summed E-state index contributed by atoms with van der Waals surface area (Å²) in [6.45, 7) is 6.29. The number of allylic oxidation sites excluding steroid dienone is 1. The Morgan fingerprint density at radius 3 is 2.59 bits per heavy atom. The van der Waals surface area contributed by atoms with E-state index in [0.29, 0.717) is 22.7 Å². The number of benzene rings is 2. The number of rotatable bonds is 7. The zero-order valence-electron chi connectivity index (χ0n) is 19.6. The Balaban J connectivity index is 1.51. The maximum Gasteiger partial charge on any atom is 0.338 e. The van der Waals surface area contributed by atoms with Gasteiger partial charge in [-0.1, -0.05) is 42.1 Å². The van der Waals surface area contributed by atoms with Crippen molar-refractivity contribution >= 4 is 34.5 Å². The quantitative estimate of drug-likeness (QED) is 0.576. The summed E-state index contributed by atoms with van der Waals surface area (Å²) in [6, 6.07) is 16.5. The first kappa shape index (κ1) is 23.9. The summed E-state index contributed by atoms with van der Waals surface area (Å²) in [5.41, 5.74) is 2.86. The number of anilines is 1. The largest absolute Gasteiger partial charge is 0.484 e. The van der Waals surface area contributed by atoms with Crippen LogP contribution in [-0.2, 0) is 14.3 Å². The van der Waals surface area contributed by atoms with Gasteiger partial charge in [-0.3, -0.25) is 4.79 Å². The number of esters is 1. The Kier molecular flexibility index (Phi) is 7.57. The first-order valence-electron chi connectivity index (χ1n) is 11.4. The summed E-state index contributed by atoms with van der Waals surface area (Å²) in [4.78, 5) is 32.2. The number of fused-ring (bicyclic) bond motifs is 1. The van der Waals surface area contributed by atoms with Crippen LogP contribution >= 0.6 is 11.8 Å². The number of thioether (sulfide) groups is 1. The summed E-state index contributed by atoms with van der Waals surface area (Å²) in [6.07, 6.45) is 0.798. The molecule has 2 aliphatic heterocycles. The maximum absolute atomic E-state index is 13.0. The van der Waals surface area contributed by atoms with Crippen molar-refractivity contribution < 1.29 is 19.1 Å². The fourth-order valence-corrected chi connectivity index (χ4v) is 4.99. The highest BCUT2D eigenvalue weighted by Gasteiger charge is 2.38. The minimum absolute atomic E-state index is 0.0770. The van der Waals surface area contributed by atoms with Crippen LogP contribution in [0, 0.1) is 0 Å². The second-order valence-electron chi connectivity index (χ2n) is 8.42. The molecule has 1 N–H and O–H groups in total. The van der Waals surface area contributed by atoms with Crippen LogP contribution in [0.25, 0.3) is 0 Å². The van der Waals surface area contributed by atoms with Crippen LogP contribution in [0.5, 0.6) is 5.75 Å². The molecule has 1 atom stereocenters. The average Bonchev–Trinajstić information content (AvgIpc) is 2.82. The first-order chi connectivity index (χ1) is 16.4. The molecule has 0 saturated carbocycles. The monoisotopic (exact) mass is 479 g/mol. The summed E-state index contributed by atoms with van der Waals surface area (Å²) in [5, 5.41) is 3.79. The summed E-state index contributed by atoms with van der Waals surface area (Å²) in [5.74, 6) is 1.07. The summed E-state index contributed by atoms with van der Waals surface area (Å²) < 4.78 is 11.1. The van der Waals surface area contributed by atoms with Crippen molar-refractivity contribution in [3.8, 4) is 5.75 Å². The van der Waals surface area contributed by atoms with Crippen LogP contribution in [0.1, 0.15) is 38.8 Å². The average molecular weight is 480 g/mol. The molecule has 2 heterocycles. The van der Waals surface area contributed by atoms with Crippen molar-refractivity contribution in [3.05, 3.63) is 71.4 Å². The van der Waals surface area contributed by atoms with E-state index >= 15 is 0 Å². The lowest BCUT2D eigenvalue weighted by Gasteiger charge is -2.40. The maximum atomic E-state index is 13.0. The Morgan fingerprint density at radius 1 is 1.15 bits per heavy atom. The predicted octanol–water partition coefficient (Wildman–Crippen LogP) is 4.78. The number of hydrogen-bond acceptors (Lipinski definition) is 7. The Labute approximate surface area is 204 Å². The lowest BCUT2D eigenvalue weighted by molar-refractivity contribution is -0.143. The second kappa shape index (κ2) is 10.8. The molecule has 1 saturated heterocycles. The van der Waals surface area contributed by atoms with E-state index in [-0.39, 0.29) is 30.6 Å². The molecular weight excluding hydrogens is 450 g/mol. The lowest BCUT2D eigenvalue weighted by Crippen LogP contribution is -2.42. The van der Waals surface area contributed by atoms with Crippen molar-refractivity contribution in [3.63, 3.8) is 0 Å². The second-order valence-corrected chi connectivity index (χ2v) is 9.48. The van der Waals surface area contributed by atoms with Crippen molar-refractivity contribution in [2.24, 2.45) is 4.99 Å². The molecule has 4 rings (SSSR count). The highest BCUT2D eigenvalue weighted by Crippen LogP contribution is 2.40. The molecule has 0 bridgehead atoms. The van der Waals surface area contributed by atoms with E-state index in [9.17, 15) is 9.59 Å². The third kappa shape index (κ3) is 5.62. The number of ether oxygens (including phenoxy) is 2. The number of hydrogen-bond donors (Lipinski definition) is 1. The lowest BCUT2D eigenvalue weighted by atomic mass is 9.94. The fraction of sp³-hybridized carbons (Fsp3) is 0.346. The van der Waals surface area contributed by atoms with Gasteiger partial charge in [0.15, 0.2) is 11.8 Å². The molecule has 1 fully saturated rings. The van der Waals surface area contributed by atoms with Gasteiger partial charge >= 0.3 is 5.97 Å². The number of aliphatic imine (C=N–C) groups is 1. The van der Waals surface area contributed by atoms with Crippen molar-refractivity contribution in [1.82, 2.24) is 4.90 Å². The van der Waals surface area contributed by atoms with Gasteiger partial charge in [0, 0.05) is 18.0 Å². The molecule has 0 aromatic heterocycles. The molecule has 2 aliphatic rings. The van der Waals surface area contributed by atoms with E-state index in [2.05, 4.69) is 10.2 Å². The number of amides is 1. The number of para-hydroxylation sites is 1. The molecule has 2 aromatic rings. The van der Waals surface area contributed by atoms with Crippen LogP contribution < -0.4 is 10.1 Å². The third-order valence-corrected chi connectivity index (χ3v) is 6.52. The molecule has 8 heteroatoms. The van der Waals surface area contributed by atoms with Gasteiger partial charge in [-0.25, -0.2) is 9.79 Å². The van der Waals surface area contributed by atoms with Crippen molar-refractivity contribution in [1.29, 1.82) is 0 Å². The SMILES string of the molecule is CC1=C(C(=O)OC(C)C)C(c2ccc(NC(=O)COc3ccccc3)cc2)N2CCCSC2=N1. The van der Waals surface area contributed by atoms with Gasteiger partial charge in [-0.2, -0.15) is 0 Å². The van der Waals surface area contributed by atoms with Gasteiger partial charge in [-0.15, -0.1) is 0 Å². The predicted molar refractivity (Wildman–Crippen MR) is 135 cm³/mol. The minimum Gasteiger partial charge on any atom is -0.484 e. The molecule has 0 spiro atoms. The molecular formula is C26H29N3O4S. The van der Waals surface area contributed by atoms with Crippen LogP contribution in [0.4, 0.5) is 5.69 Å². The van der Waals surface area contributed by atoms with Crippen LogP contribution in [-0.4, -0.2) is 47.0 Å². The van der Waals surface area contributed by atoms with E-state index in [4.69, 9.17) is 14.5 Å². The fourth-order valence-electron chi connectivity index (χ4n) is 3.97. The number of carbonyl (C=O) groups excluding carboxylic acids is 2. The zero-order chi connectivity index (χ0) is 24.1. The van der Waals surface area contributed by atoms with E-state index in [1.807, 2.05) is 63.2 Å². The van der Waals surface area contributed by atoms with Gasteiger partial charge in [0.25, 0.3) is 5.91 Å². The Bertz CT molecular complexity index is 1100. The Morgan fingerprint density at radius 2 is 1.88 bits per heavy atom. The summed E-state index contributed by atoms with van der Waals surface area (Å²) >= 11 is 1.71. The van der Waals surface area contributed by atoms with E-state index in [0.717, 1.165) is 29.4 Å². The van der Waals surface area contributed by atoms with Gasteiger partial charge < -0.3 is 19.7 Å². The van der Waals surface area contributed by atoms with Gasteiger partial charge in [0.1, 0.15) is 5.75 Å². The van der Waals surface area contributed by atoms with E-state index in [1.165, 1.54) is 0 Å². The first-order valence-corrected chi connectivity index (χ1v) is 12.4. The van der Waals surface area contributed by atoms with E-state index < -0.39 is 0 Å². The smallest absolute Gasteiger partial charge is 0.338 e. The van der Waals surface area contributed by atoms with Gasteiger partial charge in [0.05, 0.1) is 23.4 Å². The highest BCUT2D eigenvalue weighted by atomic mass is 32.2. The molecule has 34 heavy (non-hydrogen) atoms. The van der Waals surface area contributed by atoms with Crippen LogP contribution in [0.15, 0.2) is 70.9 Å². The molecule has 2 aromatic carbocycles. The zero-order valence-corrected chi connectivity index (χ0v) is 20.4. The number of carbonyl (C=O) groups is 2. The van der Waals surface area contributed by atoms with Gasteiger partial charge in [0.2, 0.25) is 0 Å². The standard InChI is InChI=1S/C26H29N3O4S/c1-17(2)33-25(31)23-18(3)27-26-29(14-7-15-34-26)24(23)19-10-12-20(13-11-19)28-22(30)16-32-21-8-5-4-6-9-21/h4-6,8-13,17,24H,7,14-16H2,1-3H3,(H,28,30). The molecule has 1 amide bonds. The molecule has 178 valence electrons. The summed E-state index contributed by atoms with van der Waals surface area (Å²) in [7, 11) is 0. The molecule has 0 aliphatic carbocycles. The van der Waals surface area contributed by atoms with Crippen molar-refractivity contribution in [2.75, 3.05) is 24.2 Å². The third-order valence-electron chi connectivity index (χ3n) is 5.44. The number of amidine groups is 1. The Hall–Kier alpha value is -3.26. The van der Waals surface area contributed by atoms with Crippen LogP contribution in [0.2, 0.25) is 0 Å². The minimum atomic E-state index is -0.341. The highest BCUT2D eigenvalue weighted by molar-refractivity contribution is 8.13. The van der Waals surface area contributed by atoms with Crippen molar-refractivity contribution in [2.45, 2.75) is 39.3 Å². The van der Waals surface area contributed by atoms with E-state index in [1.54, 1.807) is 23.9 Å². The topological polar surface area (TPSA) is 80.2 Å². The molecule has 0 radical (unpaired) electrons. The number of nitrogens with zero attached hydrogens (tertiary/aromatic N) is 2. The number of nitrogens with one attached hydrogen (secondary N) is 1.